The molecular formula is C30H30ClN7O5. The van der Waals surface area contributed by atoms with Crippen LogP contribution in [0.5, 0.6) is 11.5 Å². The maximum Gasteiger partial charge on any atom is 0.410 e. The Balaban J connectivity index is 1.16. The number of benzene rings is 2. The highest BCUT2D eigenvalue weighted by Gasteiger charge is 2.37. The van der Waals surface area contributed by atoms with Crippen LogP contribution in [-0.4, -0.2) is 81.9 Å². The van der Waals surface area contributed by atoms with Crippen molar-refractivity contribution in [2.45, 2.75) is 19.1 Å². The maximum absolute atomic E-state index is 13.6. The van der Waals surface area contributed by atoms with Crippen LogP contribution in [0.2, 0.25) is 5.15 Å². The first kappa shape index (κ1) is 28.3. The number of anilines is 1. The molecule has 1 fully saturated rings. The molecular weight excluding hydrogens is 574 g/mol. The predicted octanol–water partition coefficient (Wildman–Crippen LogP) is 3.27. The van der Waals surface area contributed by atoms with Crippen molar-refractivity contribution in [3.63, 3.8) is 0 Å². The Morgan fingerprint density at radius 2 is 1.84 bits per heavy atom. The van der Waals surface area contributed by atoms with E-state index < -0.39 is 12.1 Å². The number of ether oxygens (including phenoxy) is 3. The van der Waals surface area contributed by atoms with Crippen molar-refractivity contribution in [2.24, 2.45) is 0 Å². The van der Waals surface area contributed by atoms with Crippen LogP contribution in [0.1, 0.15) is 11.1 Å². The summed E-state index contributed by atoms with van der Waals surface area (Å²) in [6.07, 6.45) is 4.93. The van der Waals surface area contributed by atoms with E-state index in [0.29, 0.717) is 56.0 Å². The van der Waals surface area contributed by atoms with Crippen molar-refractivity contribution in [1.29, 1.82) is 0 Å². The number of nitrogens with one attached hydrogen (secondary N) is 1. The van der Waals surface area contributed by atoms with Crippen LogP contribution < -0.4 is 19.7 Å². The maximum atomic E-state index is 13.6. The highest BCUT2D eigenvalue weighted by atomic mass is 35.5. The lowest BCUT2D eigenvalue weighted by atomic mass is 10.1. The summed E-state index contributed by atoms with van der Waals surface area (Å²) in [6.45, 7) is 2.35. The number of halogens is 1. The summed E-state index contributed by atoms with van der Waals surface area (Å²) in [5, 5.41) is 3.25. The molecule has 0 bridgehead atoms. The summed E-state index contributed by atoms with van der Waals surface area (Å²) in [4.78, 5) is 43.2. The third-order valence-corrected chi connectivity index (χ3v) is 7.36. The van der Waals surface area contributed by atoms with Gasteiger partial charge in [-0.2, -0.15) is 4.98 Å². The summed E-state index contributed by atoms with van der Waals surface area (Å²) < 4.78 is 18.5. The van der Waals surface area contributed by atoms with Crippen LogP contribution >= 0.6 is 11.6 Å². The van der Waals surface area contributed by atoms with Gasteiger partial charge >= 0.3 is 6.09 Å². The monoisotopic (exact) mass is 603 g/mol. The average Bonchev–Trinajstić information content (AvgIpc) is 3.59. The minimum absolute atomic E-state index is 0.105. The van der Waals surface area contributed by atoms with E-state index in [-0.39, 0.29) is 30.8 Å². The van der Waals surface area contributed by atoms with Crippen molar-refractivity contribution in [1.82, 2.24) is 29.7 Å². The molecule has 13 heteroatoms. The number of nitrogens with zero attached hydrogens (tertiary/aromatic N) is 6. The summed E-state index contributed by atoms with van der Waals surface area (Å²) in [5.74, 6) is 2.00. The van der Waals surface area contributed by atoms with E-state index in [0.717, 1.165) is 11.1 Å². The Kier molecular flexibility index (Phi) is 8.55. The molecule has 2 aromatic heterocycles. The molecule has 4 aromatic rings. The Hall–Kier alpha value is -4.84. The van der Waals surface area contributed by atoms with Crippen LogP contribution in [0.15, 0.2) is 73.3 Å². The fourth-order valence-electron chi connectivity index (χ4n) is 4.98. The van der Waals surface area contributed by atoms with Gasteiger partial charge in [0.2, 0.25) is 11.9 Å². The van der Waals surface area contributed by atoms with Gasteiger partial charge in [-0.15, -0.1) is 0 Å². The third-order valence-electron chi connectivity index (χ3n) is 7.17. The Morgan fingerprint density at radius 3 is 2.65 bits per heavy atom. The van der Waals surface area contributed by atoms with Crippen molar-refractivity contribution in [2.75, 3.05) is 44.3 Å². The van der Waals surface area contributed by atoms with Crippen molar-refractivity contribution >= 4 is 29.4 Å². The first-order chi connectivity index (χ1) is 21.0. The number of piperazine rings is 1. The smallest absolute Gasteiger partial charge is 0.410 e. The second-order valence-corrected chi connectivity index (χ2v) is 10.4. The van der Waals surface area contributed by atoms with E-state index in [1.54, 1.807) is 29.4 Å². The van der Waals surface area contributed by atoms with Gasteiger partial charge in [0.25, 0.3) is 0 Å². The van der Waals surface area contributed by atoms with E-state index >= 15 is 0 Å². The van der Waals surface area contributed by atoms with Crippen molar-refractivity contribution < 1.29 is 23.8 Å². The molecule has 222 valence electrons. The van der Waals surface area contributed by atoms with Crippen LogP contribution in [0.25, 0.3) is 5.95 Å². The molecule has 0 saturated carbocycles. The molecule has 2 aromatic carbocycles. The van der Waals surface area contributed by atoms with Gasteiger partial charge in [0.05, 0.1) is 0 Å². The third kappa shape index (κ3) is 6.81. The van der Waals surface area contributed by atoms with Gasteiger partial charge in [-0.3, -0.25) is 14.3 Å². The van der Waals surface area contributed by atoms with E-state index in [9.17, 15) is 9.59 Å². The van der Waals surface area contributed by atoms with Gasteiger partial charge in [0.15, 0.2) is 11.5 Å². The molecule has 2 aliphatic rings. The second-order valence-electron chi connectivity index (χ2n) is 10.0. The molecule has 0 radical (unpaired) electrons. The lowest BCUT2D eigenvalue weighted by molar-refractivity contribution is -0.126. The van der Waals surface area contributed by atoms with Crippen LogP contribution in [-0.2, 0) is 22.6 Å². The Morgan fingerprint density at radius 1 is 1.00 bits per heavy atom. The van der Waals surface area contributed by atoms with E-state index in [4.69, 9.17) is 25.8 Å². The SMILES string of the molecule is O=C(NCCc1ccc2c(c1)OCCO2)C1CN(c2cc(Cl)nc(-n3ccnc3)n2)CCN1C(=O)OCc1ccccc1. The molecule has 1 atom stereocenters. The zero-order valence-electron chi connectivity index (χ0n) is 23.3. The lowest BCUT2D eigenvalue weighted by Crippen LogP contribution is -2.61. The van der Waals surface area contributed by atoms with Crippen molar-refractivity contribution in [3.05, 3.63) is 89.6 Å². The quantitative estimate of drug-likeness (QED) is 0.302. The number of carbonyl (C=O) groups excluding carboxylic acids is 2. The van der Waals surface area contributed by atoms with Gasteiger partial charge in [-0.1, -0.05) is 48.0 Å². The van der Waals surface area contributed by atoms with E-state index in [2.05, 4.69) is 20.3 Å². The number of hydrogen-bond donors (Lipinski definition) is 1. The fourth-order valence-corrected chi connectivity index (χ4v) is 5.15. The number of rotatable bonds is 8. The minimum atomic E-state index is -0.831. The number of carbonyl (C=O) groups is 2. The van der Waals surface area contributed by atoms with Gasteiger partial charge in [-0.05, 0) is 29.7 Å². The van der Waals surface area contributed by atoms with Crippen LogP contribution in [0, 0.1) is 0 Å². The highest BCUT2D eigenvalue weighted by Crippen LogP contribution is 2.31. The topological polar surface area (TPSA) is 124 Å². The van der Waals surface area contributed by atoms with Gasteiger partial charge in [-0.25, -0.2) is 14.8 Å². The Labute approximate surface area is 253 Å². The molecule has 0 aliphatic carbocycles. The van der Waals surface area contributed by atoms with Gasteiger partial charge in [0, 0.05) is 44.6 Å². The molecule has 1 N–H and O–H groups in total. The molecule has 4 heterocycles. The zero-order chi connectivity index (χ0) is 29.6. The van der Waals surface area contributed by atoms with Gasteiger partial charge in [0.1, 0.15) is 43.2 Å². The molecule has 2 aliphatic heterocycles. The number of fused-ring (bicyclic) bond motifs is 1. The summed E-state index contributed by atoms with van der Waals surface area (Å²) >= 11 is 6.34. The largest absolute Gasteiger partial charge is 0.486 e. The van der Waals surface area contributed by atoms with Crippen LogP contribution in [0.3, 0.4) is 0 Å². The Bertz CT molecular complexity index is 1570. The molecule has 43 heavy (non-hydrogen) atoms. The molecule has 1 saturated heterocycles. The molecule has 0 spiro atoms. The second kappa shape index (κ2) is 13.0. The highest BCUT2D eigenvalue weighted by molar-refractivity contribution is 6.29. The minimum Gasteiger partial charge on any atom is -0.486 e. The normalized spacial score (nSPS) is 16.1. The standard InChI is InChI=1S/C30H30ClN7O5/c31-26-17-27(35-29(34-26)37-11-10-32-20-37)36-12-13-38(30(40)43-19-22-4-2-1-3-5-22)23(18-36)28(39)33-9-8-21-6-7-24-25(16-21)42-15-14-41-24/h1-7,10-11,16-17,20,23H,8-9,12-15,18-19H2,(H,33,39). The fraction of sp³-hybridized carbons (Fsp3) is 0.300. The molecule has 12 nitrogen and oxygen atoms in total. The van der Waals surface area contributed by atoms with Crippen molar-refractivity contribution in [3.8, 4) is 17.4 Å². The average molecular weight is 604 g/mol. The number of aromatic nitrogens is 4. The summed E-state index contributed by atoms with van der Waals surface area (Å²) in [7, 11) is 0. The summed E-state index contributed by atoms with van der Waals surface area (Å²) in [5.41, 5.74) is 1.86. The first-order valence-corrected chi connectivity index (χ1v) is 14.3. The zero-order valence-corrected chi connectivity index (χ0v) is 24.0. The van der Waals surface area contributed by atoms with Gasteiger partial charge < -0.3 is 24.4 Å². The predicted molar refractivity (Wildman–Crippen MR) is 158 cm³/mol. The number of amides is 2. The molecule has 2 amide bonds. The number of hydrogen-bond acceptors (Lipinski definition) is 9. The molecule has 6 rings (SSSR count). The van der Waals surface area contributed by atoms with E-state index in [1.807, 2.05) is 53.4 Å². The number of imidazole rings is 1. The molecule has 1 unspecified atom stereocenters. The first-order valence-electron chi connectivity index (χ1n) is 13.9. The lowest BCUT2D eigenvalue weighted by Gasteiger charge is -2.40. The summed E-state index contributed by atoms with van der Waals surface area (Å²) in [6, 6.07) is 16.0. The van der Waals surface area contributed by atoms with E-state index in [1.165, 1.54) is 4.90 Å². The van der Waals surface area contributed by atoms with Crippen LogP contribution in [0.4, 0.5) is 10.6 Å².